The van der Waals surface area contributed by atoms with Gasteiger partial charge in [-0.15, -0.1) is 11.3 Å². The number of thiophene rings is 1. The van der Waals surface area contributed by atoms with Crippen LogP contribution in [-0.2, 0) is 0 Å². The molecule has 0 saturated carbocycles. The zero-order valence-electron chi connectivity index (χ0n) is 23.2. The van der Waals surface area contributed by atoms with Crippen molar-refractivity contribution in [3.05, 3.63) is 152 Å². The van der Waals surface area contributed by atoms with Crippen LogP contribution in [0.4, 0.5) is 17.1 Å². The molecule has 0 unspecified atom stereocenters. The van der Waals surface area contributed by atoms with Gasteiger partial charge in [0, 0.05) is 48.0 Å². The molecule has 3 heteroatoms. The number of nitrogens with zero attached hydrogens (tertiary/aromatic N) is 1. The first-order valence-corrected chi connectivity index (χ1v) is 15.3. The standard InChI is InChI=1S/C40H25NOS/c1-2-9-29(10-3-1)41(31-20-21-34-33-12-6-7-13-38(33)43-39(34)25-31)30-18-14-26(15-19-30)28-17-22-36-35(24-28)40-32-11-5-4-8-27(32)16-23-37(40)42-36/h1-25H. The molecule has 2 nitrogen and oxygen atoms in total. The number of hydrogen-bond donors (Lipinski definition) is 0. The molecule has 0 aliphatic carbocycles. The second kappa shape index (κ2) is 9.59. The molecule has 43 heavy (non-hydrogen) atoms. The van der Waals surface area contributed by atoms with Gasteiger partial charge in [-0.3, -0.25) is 0 Å². The van der Waals surface area contributed by atoms with Crippen LogP contribution in [0.5, 0.6) is 0 Å². The van der Waals surface area contributed by atoms with E-state index in [4.69, 9.17) is 4.42 Å². The van der Waals surface area contributed by atoms with E-state index in [1.807, 2.05) is 11.3 Å². The van der Waals surface area contributed by atoms with E-state index in [9.17, 15) is 0 Å². The predicted octanol–water partition coefficient (Wildman–Crippen LogP) is 12.2. The molecule has 0 spiro atoms. The lowest BCUT2D eigenvalue weighted by atomic mass is 10.00. The van der Waals surface area contributed by atoms with E-state index in [1.165, 1.54) is 47.5 Å². The van der Waals surface area contributed by atoms with Crippen molar-refractivity contribution in [2.24, 2.45) is 0 Å². The van der Waals surface area contributed by atoms with E-state index in [-0.39, 0.29) is 0 Å². The maximum Gasteiger partial charge on any atom is 0.136 e. The molecule has 0 bridgehead atoms. The van der Waals surface area contributed by atoms with Gasteiger partial charge in [0.15, 0.2) is 0 Å². The van der Waals surface area contributed by atoms with E-state index in [0.29, 0.717) is 0 Å². The second-order valence-electron chi connectivity index (χ2n) is 11.0. The maximum atomic E-state index is 6.24. The molecule has 0 fully saturated rings. The van der Waals surface area contributed by atoms with Gasteiger partial charge in [-0.1, -0.05) is 91.0 Å². The summed E-state index contributed by atoms with van der Waals surface area (Å²) in [4.78, 5) is 2.34. The lowest BCUT2D eigenvalue weighted by molar-refractivity contribution is 0.669. The number of benzene rings is 7. The van der Waals surface area contributed by atoms with Crippen LogP contribution in [0, 0.1) is 0 Å². The Kier molecular flexibility index (Phi) is 5.40. The van der Waals surface area contributed by atoms with Gasteiger partial charge in [-0.25, -0.2) is 0 Å². The fourth-order valence-corrected chi connectivity index (χ4v) is 7.55. The molecule has 0 radical (unpaired) electrons. The van der Waals surface area contributed by atoms with Crippen LogP contribution in [0.1, 0.15) is 0 Å². The summed E-state index contributed by atoms with van der Waals surface area (Å²) >= 11 is 1.85. The normalized spacial score (nSPS) is 11.7. The van der Waals surface area contributed by atoms with Crippen LogP contribution in [0.2, 0.25) is 0 Å². The Bertz CT molecular complexity index is 2450. The maximum absolute atomic E-state index is 6.24. The zero-order valence-corrected chi connectivity index (χ0v) is 24.0. The lowest BCUT2D eigenvalue weighted by Gasteiger charge is -2.25. The van der Waals surface area contributed by atoms with Crippen molar-refractivity contribution in [3.63, 3.8) is 0 Å². The molecule has 2 aromatic heterocycles. The summed E-state index contributed by atoms with van der Waals surface area (Å²) in [6.07, 6.45) is 0. The summed E-state index contributed by atoms with van der Waals surface area (Å²) in [5.74, 6) is 0. The van der Waals surface area contributed by atoms with Gasteiger partial charge in [0.25, 0.3) is 0 Å². The molecular weight excluding hydrogens is 543 g/mol. The van der Waals surface area contributed by atoms with Crippen molar-refractivity contribution in [3.8, 4) is 11.1 Å². The van der Waals surface area contributed by atoms with Crippen molar-refractivity contribution in [2.75, 3.05) is 4.90 Å². The summed E-state index contributed by atoms with van der Waals surface area (Å²) in [6, 6.07) is 54.3. The number of fused-ring (bicyclic) bond motifs is 8. The zero-order chi connectivity index (χ0) is 28.3. The smallest absolute Gasteiger partial charge is 0.136 e. The first-order valence-electron chi connectivity index (χ1n) is 14.5. The highest BCUT2D eigenvalue weighted by molar-refractivity contribution is 7.25. The minimum absolute atomic E-state index is 0.915. The van der Waals surface area contributed by atoms with Gasteiger partial charge >= 0.3 is 0 Å². The molecule has 0 saturated heterocycles. The number of furan rings is 1. The highest BCUT2D eigenvalue weighted by Crippen LogP contribution is 2.41. The van der Waals surface area contributed by atoms with Gasteiger partial charge in [-0.2, -0.15) is 0 Å². The van der Waals surface area contributed by atoms with Crippen LogP contribution >= 0.6 is 11.3 Å². The molecule has 9 aromatic rings. The average Bonchev–Trinajstić information content (AvgIpc) is 3.63. The van der Waals surface area contributed by atoms with Crippen molar-refractivity contribution in [2.45, 2.75) is 0 Å². The number of para-hydroxylation sites is 1. The van der Waals surface area contributed by atoms with Gasteiger partial charge in [0.05, 0.1) is 0 Å². The van der Waals surface area contributed by atoms with Gasteiger partial charge in [-0.05, 0) is 82.6 Å². The second-order valence-corrected chi connectivity index (χ2v) is 12.1. The molecule has 9 rings (SSSR count). The number of hydrogen-bond acceptors (Lipinski definition) is 3. The van der Waals surface area contributed by atoms with Crippen LogP contribution in [0.3, 0.4) is 0 Å². The van der Waals surface area contributed by atoms with Crippen LogP contribution < -0.4 is 4.90 Å². The molecule has 0 N–H and O–H groups in total. The lowest BCUT2D eigenvalue weighted by Crippen LogP contribution is -2.09. The number of rotatable bonds is 4. The molecule has 0 aliphatic rings. The van der Waals surface area contributed by atoms with Crippen molar-refractivity contribution >= 4 is 81.3 Å². The van der Waals surface area contributed by atoms with Crippen LogP contribution in [0.25, 0.3) is 64.0 Å². The molecule has 7 aromatic carbocycles. The molecular formula is C40H25NOS. The fourth-order valence-electron chi connectivity index (χ4n) is 6.41. The SMILES string of the molecule is c1ccc(N(c2ccc(-c3ccc4oc5ccc6ccccc6c5c4c3)cc2)c2ccc3c(c2)sc2ccccc23)cc1. The Labute approximate surface area is 252 Å². The average molecular weight is 568 g/mol. The quantitative estimate of drug-likeness (QED) is 0.210. The minimum Gasteiger partial charge on any atom is -0.456 e. The van der Waals surface area contributed by atoms with Gasteiger partial charge < -0.3 is 9.32 Å². The Balaban J connectivity index is 1.15. The third kappa shape index (κ3) is 3.93. The topological polar surface area (TPSA) is 16.4 Å². The van der Waals surface area contributed by atoms with Crippen LogP contribution in [-0.4, -0.2) is 0 Å². The van der Waals surface area contributed by atoms with Crippen LogP contribution in [0.15, 0.2) is 156 Å². The van der Waals surface area contributed by atoms with Crippen molar-refractivity contribution in [1.82, 2.24) is 0 Å². The predicted molar refractivity (Wildman–Crippen MR) is 184 cm³/mol. The molecule has 0 aliphatic heterocycles. The van der Waals surface area contributed by atoms with E-state index in [2.05, 4.69) is 157 Å². The van der Waals surface area contributed by atoms with Crippen molar-refractivity contribution in [1.29, 1.82) is 0 Å². The Morgan fingerprint density at radius 3 is 1.98 bits per heavy atom. The summed E-state index contributed by atoms with van der Waals surface area (Å²) in [5, 5.41) is 7.40. The molecule has 2 heterocycles. The summed E-state index contributed by atoms with van der Waals surface area (Å²) < 4.78 is 8.86. The van der Waals surface area contributed by atoms with Gasteiger partial charge in [0.1, 0.15) is 11.2 Å². The highest BCUT2D eigenvalue weighted by atomic mass is 32.1. The van der Waals surface area contributed by atoms with E-state index in [0.717, 1.165) is 33.6 Å². The van der Waals surface area contributed by atoms with Crippen molar-refractivity contribution < 1.29 is 4.42 Å². The Morgan fingerprint density at radius 1 is 0.419 bits per heavy atom. The summed E-state index contributed by atoms with van der Waals surface area (Å²) in [7, 11) is 0. The highest BCUT2D eigenvalue weighted by Gasteiger charge is 2.16. The van der Waals surface area contributed by atoms with Gasteiger partial charge in [0.2, 0.25) is 0 Å². The minimum atomic E-state index is 0.915. The first kappa shape index (κ1) is 24.2. The Hall–Kier alpha value is -5.38. The largest absolute Gasteiger partial charge is 0.456 e. The summed E-state index contributed by atoms with van der Waals surface area (Å²) in [6.45, 7) is 0. The third-order valence-electron chi connectivity index (χ3n) is 8.45. The molecule has 0 amide bonds. The third-order valence-corrected chi connectivity index (χ3v) is 9.59. The molecule has 202 valence electrons. The number of anilines is 3. The van der Waals surface area contributed by atoms with E-state index >= 15 is 0 Å². The molecule has 0 atom stereocenters. The van der Waals surface area contributed by atoms with E-state index in [1.54, 1.807) is 0 Å². The monoisotopic (exact) mass is 567 g/mol. The fraction of sp³-hybridized carbons (Fsp3) is 0. The summed E-state index contributed by atoms with van der Waals surface area (Å²) in [5.41, 5.74) is 7.59. The first-order chi connectivity index (χ1) is 21.3. The van der Waals surface area contributed by atoms with E-state index < -0.39 is 0 Å². The Morgan fingerprint density at radius 2 is 1.09 bits per heavy atom.